The number of nitrogens with zero attached hydrogens (tertiary/aromatic N) is 3. The summed E-state index contributed by atoms with van der Waals surface area (Å²) in [5.41, 5.74) is 4.89. The number of anilines is 1. The topological polar surface area (TPSA) is 56.7 Å². The molecule has 0 atom stereocenters. The van der Waals surface area contributed by atoms with E-state index in [1.807, 2.05) is 0 Å². The van der Waals surface area contributed by atoms with Crippen LogP contribution in [0.5, 0.6) is 0 Å². The van der Waals surface area contributed by atoms with Crippen LogP contribution in [-0.2, 0) is 13.2 Å². The van der Waals surface area contributed by atoms with E-state index in [2.05, 4.69) is 10.1 Å². The second kappa shape index (κ2) is 3.76. The second-order valence-corrected chi connectivity index (χ2v) is 3.47. The Hall–Kier alpha value is -2.05. The molecule has 4 nitrogen and oxygen atoms in total. The lowest BCUT2D eigenvalue weighted by Gasteiger charge is -2.12. The summed E-state index contributed by atoms with van der Waals surface area (Å²) < 4.78 is 39.7. The van der Waals surface area contributed by atoms with Gasteiger partial charge in [-0.25, -0.2) is 0 Å². The number of hydrogen-bond donors (Lipinski definition) is 1. The third-order valence-corrected chi connectivity index (χ3v) is 2.30. The summed E-state index contributed by atoms with van der Waals surface area (Å²) in [5, 5.41) is 3.80. The van der Waals surface area contributed by atoms with E-state index in [9.17, 15) is 13.2 Å². The first kappa shape index (κ1) is 11.4. The Balaban J connectivity index is 2.69. The summed E-state index contributed by atoms with van der Waals surface area (Å²) in [6.45, 7) is 0. The van der Waals surface area contributed by atoms with Crippen LogP contribution in [0.1, 0.15) is 5.56 Å². The molecular formula is C10H9F3N4. The zero-order chi connectivity index (χ0) is 12.6. The smallest absolute Gasteiger partial charge is 0.396 e. The van der Waals surface area contributed by atoms with Gasteiger partial charge in [-0.2, -0.15) is 18.3 Å². The van der Waals surface area contributed by atoms with E-state index < -0.39 is 11.7 Å². The van der Waals surface area contributed by atoms with Gasteiger partial charge in [0.25, 0.3) is 0 Å². The minimum absolute atomic E-state index is 0.164. The molecule has 0 radical (unpaired) electrons. The molecule has 0 fully saturated rings. The van der Waals surface area contributed by atoms with E-state index in [-0.39, 0.29) is 17.1 Å². The van der Waals surface area contributed by atoms with Gasteiger partial charge in [-0.05, 0) is 12.1 Å². The Kier molecular flexibility index (Phi) is 2.53. The molecule has 0 saturated heterocycles. The SMILES string of the molecule is Cn1ncc(N)c1-c1ncccc1C(F)(F)F. The normalized spacial score (nSPS) is 11.8. The van der Waals surface area contributed by atoms with Crippen LogP contribution >= 0.6 is 0 Å². The Morgan fingerprint density at radius 3 is 2.59 bits per heavy atom. The maximum atomic E-state index is 12.8. The number of nitrogen functional groups attached to an aromatic ring is 1. The van der Waals surface area contributed by atoms with E-state index in [1.165, 1.54) is 30.2 Å². The van der Waals surface area contributed by atoms with E-state index in [0.717, 1.165) is 6.07 Å². The molecule has 2 aromatic heterocycles. The number of hydrogen-bond acceptors (Lipinski definition) is 3. The molecule has 2 rings (SSSR count). The molecular weight excluding hydrogens is 233 g/mol. The van der Waals surface area contributed by atoms with Crippen LogP contribution in [0, 0.1) is 0 Å². The lowest BCUT2D eigenvalue weighted by Crippen LogP contribution is -2.10. The number of nitrogens with two attached hydrogens (primary N) is 1. The van der Waals surface area contributed by atoms with Crippen LogP contribution in [0.4, 0.5) is 18.9 Å². The fraction of sp³-hybridized carbons (Fsp3) is 0.200. The molecule has 0 aliphatic carbocycles. The highest BCUT2D eigenvalue weighted by atomic mass is 19.4. The van der Waals surface area contributed by atoms with Gasteiger partial charge in [0.1, 0.15) is 11.4 Å². The molecule has 2 aromatic rings. The summed E-state index contributed by atoms with van der Waals surface area (Å²) in [7, 11) is 1.51. The van der Waals surface area contributed by atoms with Crippen molar-refractivity contribution >= 4 is 5.69 Å². The number of aromatic nitrogens is 3. The number of pyridine rings is 1. The first-order valence-electron chi connectivity index (χ1n) is 4.71. The first-order chi connectivity index (χ1) is 7.91. The Bertz CT molecular complexity index is 525. The molecule has 0 unspecified atom stereocenters. The Morgan fingerprint density at radius 1 is 1.35 bits per heavy atom. The first-order valence-corrected chi connectivity index (χ1v) is 4.71. The fourth-order valence-corrected chi connectivity index (χ4v) is 1.57. The minimum atomic E-state index is -4.47. The Morgan fingerprint density at radius 2 is 2.06 bits per heavy atom. The van der Waals surface area contributed by atoms with Crippen molar-refractivity contribution in [2.75, 3.05) is 5.73 Å². The van der Waals surface area contributed by atoms with Gasteiger partial charge in [-0.3, -0.25) is 9.67 Å². The van der Waals surface area contributed by atoms with E-state index in [4.69, 9.17) is 5.73 Å². The van der Waals surface area contributed by atoms with Gasteiger partial charge in [0.2, 0.25) is 0 Å². The van der Waals surface area contributed by atoms with Crippen LogP contribution in [0.2, 0.25) is 0 Å². The van der Waals surface area contributed by atoms with Gasteiger partial charge in [-0.15, -0.1) is 0 Å². The largest absolute Gasteiger partial charge is 0.418 e. The van der Waals surface area contributed by atoms with Crippen molar-refractivity contribution in [1.29, 1.82) is 0 Å². The van der Waals surface area contributed by atoms with Crippen molar-refractivity contribution in [2.24, 2.45) is 7.05 Å². The van der Waals surface area contributed by atoms with Crippen LogP contribution in [-0.4, -0.2) is 14.8 Å². The fourth-order valence-electron chi connectivity index (χ4n) is 1.57. The van der Waals surface area contributed by atoms with Crippen molar-refractivity contribution in [2.45, 2.75) is 6.18 Å². The summed E-state index contributed by atoms with van der Waals surface area (Å²) in [6.07, 6.45) is -1.89. The van der Waals surface area contributed by atoms with Crippen molar-refractivity contribution in [1.82, 2.24) is 14.8 Å². The highest BCUT2D eigenvalue weighted by Crippen LogP contribution is 2.36. The van der Waals surface area contributed by atoms with Gasteiger partial charge in [0.05, 0.1) is 17.4 Å². The van der Waals surface area contributed by atoms with Gasteiger partial charge in [0, 0.05) is 13.2 Å². The Labute approximate surface area is 94.9 Å². The molecule has 0 saturated carbocycles. The summed E-state index contributed by atoms with van der Waals surface area (Å²) in [5.74, 6) is 0. The van der Waals surface area contributed by atoms with Crippen molar-refractivity contribution < 1.29 is 13.2 Å². The third-order valence-electron chi connectivity index (χ3n) is 2.30. The predicted molar refractivity (Wildman–Crippen MR) is 55.9 cm³/mol. The summed E-state index contributed by atoms with van der Waals surface area (Å²) in [4.78, 5) is 3.75. The quantitative estimate of drug-likeness (QED) is 0.832. The van der Waals surface area contributed by atoms with Crippen molar-refractivity contribution in [3.63, 3.8) is 0 Å². The number of alkyl halides is 3. The van der Waals surface area contributed by atoms with Gasteiger partial charge in [0.15, 0.2) is 0 Å². The van der Waals surface area contributed by atoms with Crippen LogP contribution < -0.4 is 5.73 Å². The summed E-state index contributed by atoms with van der Waals surface area (Å²) in [6, 6.07) is 2.20. The van der Waals surface area contributed by atoms with Crippen LogP contribution in [0.3, 0.4) is 0 Å². The van der Waals surface area contributed by atoms with Gasteiger partial charge < -0.3 is 5.73 Å². The molecule has 0 spiro atoms. The number of halogens is 3. The van der Waals surface area contributed by atoms with E-state index >= 15 is 0 Å². The molecule has 90 valence electrons. The maximum absolute atomic E-state index is 12.8. The molecule has 2 N–H and O–H groups in total. The van der Waals surface area contributed by atoms with Crippen LogP contribution in [0.25, 0.3) is 11.4 Å². The van der Waals surface area contributed by atoms with Crippen molar-refractivity contribution in [3.05, 3.63) is 30.1 Å². The molecule has 0 bridgehead atoms. The van der Waals surface area contributed by atoms with Gasteiger partial charge >= 0.3 is 6.18 Å². The molecule has 0 aliphatic rings. The average molecular weight is 242 g/mol. The molecule has 7 heteroatoms. The predicted octanol–water partition coefficient (Wildman–Crippen LogP) is 2.08. The average Bonchev–Trinajstić information content (AvgIpc) is 2.57. The highest BCUT2D eigenvalue weighted by Gasteiger charge is 2.35. The number of aryl methyl sites for hydroxylation is 1. The lowest BCUT2D eigenvalue weighted by molar-refractivity contribution is -0.137. The highest BCUT2D eigenvalue weighted by molar-refractivity contribution is 5.72. The zero-order valence-electron chi connectivity index (χ0n) is 8.86. The molecule has 0 aromatic carbocycles. The third kappa shape index (κ3) is 1.95. The van der Waals surface area contributed by atoms with E-state index in [1.54, 1.807) is 0 Å². The lowest BCUT2D eigenvalue weighted by atomic mass is 10.1. The monoisotopic (exact) mass is 242 g/mol. The standard InChI is InChI=1S/C10H9F3N4/c1-17-9(7(14)5-16-17)8-6(10(11,12)13)3-2-4-15-8/h2-5H,14H2,1H3. The number of rotatable bonds is 1. The summed E-state index contributed by atoms with van der Waals surface area (Å²) >= 11 is 0. The molecule has 0 amide bonds. The van der Waals surface area contributed by atoms with Gasteiger partial charge in [-0.1, -0.05) is 0 Å². The zero-order valence-corrected chi connectivity index (χ0v) is 8.86. The van der Waals surface area contributed by atoms with Crippen molar-refractivity contribution in [3.8, 4) is 11.4 Å². The molecule has 17 heavy (non-hydrogen) atoms. The molecule has 2 heterocycles. The minimum Gasteiger partial charge on any atom is -0.396 e. The van der Waals surface area contributed by atoms with Crippen LogP contribution in [0.15, 0.2) is 24.5 Å². The maximum Gasteiger partial charge on any atom is 0.418 e. The van der Waals surface area contributed by atoms with E-state index in [0.29, 0.717) is 0 Å². The molecule has 0 aliphatic heterocycles. The second-order valence-electron chi connectivity index (χ2n) is 3.47.